The summed E-state index contributed by atoms with van der Waals surface area (Å²) in [6.45, 7) is 25.0. The van der Waals surface area contributed by atoms with Crippen LogP contribution in [0.25, 0.3) is 39.0 Å². The van der Waals surface area contributed by atoms with Gasteiger partial charge in [0.1, 0.15) is 22.3 Å². The van der Waals surface area contributed by atoms with Crippen molar-refractivity contribution in [3.8, 4) is 17.2 Å². The lowest BCUT2D eigenvalue weighted by molar-refractivity contribution is -0.931. The third-order valence-corrected chi connectivity index (χ3v) is 19.7. The van der Waals surface area contributed by atoms with Crippen LogP contribution in [-0.2, 0) is 16.5 Å². The van der Waals surface area contributed by atoms with Gasteiger partial charge >= 0.3 is 5.66 Å². The minimum atomic E-state index is -1.84. The van der Waals surface area contributed by atoms with E-state index in [0.717, 1.165) is 0 Å². The third-order valence-electron chi connectivity index (χ3n) is 15.6. The van der Waals surface area contributed by atoms with E-state index in [-0.39, 0.29) is 10.8 Å². The van der Waals surface area contributed by atoms with Gasteiger partial charge in [0.15, 0.2) is 22.6 Å². The lowest BCUT2D eigenvalue weighted by Crippen LogP contribution is -2.77. The van der Waals surface area contributed by atoms with Gasteiger partial charge in [-0.15, -0.1) is 0 Å². The molecule has 0 N–H and O–H groups in total. The lowest BCUT2D eigenvalue weighted by Gasteiger charge is -2.53. The molecule has 6 aliphatic heterocycles. The van der Waals surface area contributed by atoms with Gasteiger partial charge in [0.2, 0.25) is 0 Å². The first-order valence-electron chi connectivity index (χ1n) is 21.9. The van der Waals surface area contributed by atoms with Gasteiger partial charge in [-0.2, -0.15) is 18.6 Å². The van der Waals surface area contributed by atoms with Crippen LogP contribution in [-0.4, -0.2) is 20.7 Å². The maximum Gasteiger partial charge on any atom is 0.319 e. The molecular weight excluding hydrogens is 763 g/mol. The normalized spacial score (nSPS) is 19.4. The number of benzene rings is 5. The number of rotatable bonds is 2. The maximum atomic E-state index is 2.84. The molecule has 0 saturated heterocycles. The van der Waals surface area contributed by atoms with E-state index in [9.17, 15) is 0 Å². The number of anilines is 6. The third kappa shape index (κ3) is 3.42. The predicted octanol–water partition coefficient (Wildman–Crippen LogP) is 10.9. The minimum absolute atomic E-state index is 0.250. The summed E-state index contributed by atoms with van der Waals surface area (Å²) >= 11 is 0. The van der Waals surface area contributed by atoms with Crippen LogP contribution in [0.5, 0.6) is 0 Å². The number of aromatic nitrogens is 3. The Kier molecular flexibility index (Phi) is 5.60. The zero-order valence-corrected chi connectivity index (χ0v) is 38.2. The Labute approximate surface area is 353 Å². The highest BCUT2D eigenvalue weighted by Gasteiger charge is 2.72. The van der Waals surface area contributed by atoms with Crippen LogP contribution in [0, 0.1) is 0 Å². The molecule has 1 unspecified atom stereocenters. The summed E-state index contributed by atoms with van der Waals surface area (Å²) < 4.78 is 8.35. The summed E-state index contributed by atoms with van der Waals surface area (Å²) in [4.78, 5) is 5.41. The molecule has 0 bridgehead atoms. The first kappa shape index (κ1) is 34.0. The van der Waals surface area contributed by atoms with Crippen molar-refractivity contribution in [1.29, 1.82) is 0 Å². The second-order valence-corrected chi connectivity index (χ2v) is 31.7. The highest BCUT2D eigenvalue weighted by atomic mass is 28.3. The molecule has 0 amide bonds. The molecule has 5 nitrogen and oxygen atoms in total. The highest BCUT2D eigenvalue weighted by molar-refractivity contribution is 6.89. The number of hydrogen-bond donors (Lipinski definition) is 0. The fourth-order valence-corrected chi connectivity index (χ4v) is 15.0. The van der Waals surface area contributed by atoms with E-state index in [1.807, 2.05) is 0 Å². The van der Waals surface area contributed by atoms with Gasteiger partial charge in [0.05, 0.1) is 33.2 Å². The van der Waals surface area contributed by atoms with E-state index in [1.165, 1.54) is 117 Å². The van der Waals surface area contributed by atoms with Crippen molar-refractivity contribution in [3.05, 3.63) is 149 Å². The van der Waals surface area contributed by atoms with Gasteiger partial charge in [0, 0.05) is 44.9 Å². The van der Waals surface area contributed by atoms with Gasteiger partial charge in [-0.05, 0) is 76.1 Å². The van der Waals surface area contributed by atoms with Crippen LogP contribution in [0.1, 0.15) is 61.1 Å². The Morgan fingerprint density at radius 2 is 1.00 bits per heavy atom. The highest BCUT2D eigenvalue weighted by Crippen LogP contribution is 2.69. The standard InChI is InChI=1S/C53H49N5Si2/c1-51(2)34-18-12-15-21-39(34)54-41-24-23-33-32-17-11-14-20-38(32)55-44-27-30(59(5,6)7)25-42-43-26-31(60(8,9)10)28-45-56-40-22-16-13-19-35(40)52(3,4)37-29-36(51)49(54)47(50(37)56)53(57(42)44,58(43)45)46(41)48(33)55/h11-29H,1-10H3/q+2. The quantitative estimate of drug-likeness (QED) is 0.128. The molecule has 292 valence electrons. The molecule has 0 aliphatic carbocycles. The monoisotopic (exact) mass is 811 g/mol. The predicted molar refractivity (Wildman–Crippen MR) is 251 cm³/mol. The molecule has 3 aromatic heterocycles. The number of hydrogen-bond acceptors (Lipinski definition) is 2. The SMILES string of the molecule is CC1(C)c2ccccc2N2c3ccc4c5ccccc5n5c4c3C34c6c2c1cc1c6N(c2ccccc2C1(C)C)c1cc([Si](C)(C)C)cc([n+]13)-c1cc([Si](C)(C)C)cc-5[n+]14. The molecule has 8 aromatic rings. The molecule has 7 heteroatoms. The first-order valence-corrected chi connectivity index (χ1v) is 28.9. The van der Waals surface area contributed by atoms with E-state index >= 15 is 0 Å². The molecule has 14 rings (SSSR count). The van der Waals surface area contributed by atoms with Gasteiger partial charge in [-0.3, -0.25) is 0 Å². The molecule has 9 heterocycles. The van der Waals surface area contributed by atoms with E-state index in [4.69, 9.17) is 0 Å². The summed E-state index contributed by atoms with van der Waals surface area (Å²) in [7, 11) is -3.67. The summed E-state index contributed by atoms with van der Waals surface area (Å²) in [6.07, 6.45) is 0. The second-order valence-electron chi connectivity index (χ2n) is 21.5. The Morgan fingerprint density at radius 1 is 0.467 bits per heavy atom. The van der Waals surface area contributed by atoms with Crippen LogP contribution in [0.15, 0.2) is 115 Å². The average molecular weight is 812 g/mol. The van der Waals surface area contributed by atoms with Crippen LogP contribution in [0.3, 0.4) is 0 Å². The van der Waals surface area contributed by atoms with Crippen molar-refractivity contribution in [2.75, 3.05) is 9.80 Å². The Morgan fingerprint density at radius 3 is 1.63 bits per heavy atom. The lowest BCUT2D eigenvalue weighted by atomic mass is 9.63. The summed E-state index contributed by atoms with van der Waals surface area (Å²) in [5, 5.41) is 5.63. The van der Waals surface area contributed by atoms with E-state index in [0.29, 0.717) is 0 Å². The van der Waals surface area contributed by atoms with Crippen LogP contribution in [0.4, 0.5) is 34.3 Å². The molecule has 1 atom stereocenters. The number of para-hydroxylation sites is 3. The second kappa shape index (κ2) is 9.88. The topological polar surface area (TPSA) is 19.2 Å². The average Bonchev–Trinajstić information content (AvgIpc) is 3.71. The summed E-state index contributed by atoms with van der Waals surface area (Å²) in [6, 6.07) is 45.8. The molecule has 0 radical (unpaired) electrons. The summed E-state index contributed by atoms with van der Waals surface area (Å²) in [5.41, 5.74) is 19.1. The fraction of sp³-hybridized carbons (Fsp3) is 0.245. The first-order chi connectivity index (χ1) is 28.6. The molecule has 5 aromatic carbocycles. The van der Waals surface area contributed by atoms with Crippen LogP contribution >= 0.6 is 0 Å². The van der Waals surface area contributed by atoms with Crippen molar-refractivity contribution < 1.29 is 9.13 Å². The molecule has 0 fully saturated rings. The van der Waals surface area contributed by atoms with E-state index in [1.54, 1.807) is 0 Å². The Hall–Kier alpha value is -5.77. The summed E-state index contributed by atoms with van der Waals surface area (Å²) in [5.74, 6) is 2.56. The van der Waals surface area contributed by atoms with Crippen molar-refractivity contribution >= 4 is 82.6 Å². The van der Waals surface area contributed by atoms with Crippen molar-refractivity contribution in [2.24, 2.45) is 0 Å². The van der Waals surface area contributed by atoms with Crippen LogP contribution < -0.4 is 29.3 Å². The number of fused-ring (bicyclic) bond motifs is 11. The van der Waals surface area contributed by atoms with Crippen molar-refractivity contribution in [2.45, 2.75) is 83.5 Å². The van der Waals surface area contributed by atoms with Gasteiger partial charge in [-0.1, -0.05) is 116 Å². The van der Waals surface area contributed by atoms with Gasteiger partial charge in [0.25, 0.3) is 11.6 Å². The van der Waals surface area contributed by atoms with Crippen molar-refractivity contribution in [3.63, 3.8) is 0 Å². The van der Waals surface area contributed by atoms with Gasteiger partial charge < -0.3 is 4.90 Å². The molecule has 0 saturated carbocycles. The van der Waals surface area contributed by atoms with Gasteiger partial charge in [-0.25, -0.2) is 0 Å². The van der Waals surface area contributed by atoms with E-state index < -0.39 is 21.8 Å². The van der Waals surface area contributed by atoms with Crippen LogP contribution in [0.2, 0.25) is 39.3 Å². The Bertz CT molecular complexity index is 3430. The zero-order chi connectivity index (χ0) is 40.9. The molecule has 6 aliphatic rings. The Balaban J connectivity index is 1.33. The van der Waals surface area contributed by atoms with Crippen molar-refractivity contribution in [1.82, 2.24) is 4.57 Å². The minimum Gasteiger partial charge on any atom is -0.308 e. The smallest absolute Gasteiger partial charge is 0.308 e. The maximum absolute atomic E-state index is 2.84. The number of pyridine rings is 2. The number of nitrogens with zero attached hydrogens (tertiary/aromatic N) is 5. The fourth-order valence-electron chi connectivity index (χ4n) is 12.7. The molecule has 1 spiro atoms. The largest absolute Gasteiger partial charge is 0.319 e. The molecule has 60 heavy (non-hydrogen) atoms. The van der Waals surface area contributed by atoms with E-state index in [2.05, 4.69) is 206 Å². The zero-order valence-electron chi connectivity index (χ0n) is 36.2. The molecular formula is C53H49N5Si2+2.